The molecule has 0 bridgehead atoms. The summed E-state index contributed by atoms with van der Waals surface area (Å²) in [7, 11) is 0. The van der Waals surface area contributed by atoms with Gasteiger partial charge in [0, 0.05) is 11.1 Å². The molecule has 0 saturated carbocycles. The third kappa shape index (κ3) is 1.09. The monoisotopic (exact) mass is 175 g/mol. The second-order valence-electron chi connectivity index (χ2n) is 2.90. The van der Waals surface area contributed by atoms with Crippen molar-refractivity contribution < 1.29 is 9.52 Å². The molecule has 1 aromatic heterocycles. The summed E-state index contributed by atoms with van der Waals surface area (Å²) in [5.41, 5.74) is 1.40. The molecule has 66 valence electrons. The minimum atomic E-state index is -0.172. The summed E-state index contributed by atoms with van der Waals surface area (Å²) in [6.45, 7) is 1.62. The van der Waals surface area contributed by atoms with Crippen molar-refractivity contribution in [1.29, 1.82) is 5.41 Å². The van der Waals surface area contributed by atoms with E-state index >= 15 is 0 Å². The molecule has 3 nitrogen and oxygen atoms in total. The van der Waals surface area contributed by atoms with Gasteiger partial charge in [0.15, 0.2) is 0 Å². The third-order valence-electron chi connectivity index (χ3n) is 1.95. The highest BCUT2D eigenvalue weighted by molar-refractivity contribution is 6.09. The predicted octanol–water partition coefficient (Wildman–Crippen LogP) is 2.53. The summed E-state index contributed by atoms with van der Waals surface area (Å²) in [4.78, 5) is 0. The first-order chi connectivity index (χ1) is 6.20. The normalized spacial score (nSPS) is 10.5. The molecule has 0 amide bonds. The van der Waals surface area contributed by atoms with E-state index in [4.69, 9.17) is 9.83 Å². The van der Waals surface area contributed by atoms with Gasteiger partial charge in [-0.3, -0.25) is 0 Å². The molecule has 1 aromatic carbocycles. The molecule has 3 heteroatoms. The zero-order valence-corrected chi connectivity index (χ0v) is 7.16. The van der Waals surface area contributed by atoms with E-state index in [1.165, 1.54) is 0 Å². The Bertz CT molecular complexity index is 471. The standard InChI is InChI=1S/C10H9NO2/c1-6(11)9-7-4-2-3-5-8(7)13-10(9)12/h2-5,11-12H,1H3. The van der Waals surface area contributed by atoms with Crippen LogP contribution >= 0.6 is 0 Å². The summed E-state index contributed by atoms with van der Waals surface area (Å²) in [5.74, 6) is -0.172. The summed E-state index contributed by atoms with van der Waals surface area (Å²) in [6, 6.07) is 7.27. The molecule has 0 radical (unpaired) electrons. The molecule has 0 saturated heterocycles. The lowest BCUT2D eigenvalue weighted by Crippen LogP contribution is -1.89. The maximum absolute atomic E-state index is 9.40. The number of hydrogen-bond acceptors (Lipinski definition) is 3. The molecular formula is C10H9NO2. The lowest BCUT2D eigenvalue weighted by Gasteiger charge is -1.92. The van der Waals surface area contributed by atoms with Crippen molar-refractivity contribution >= 4 is 16.7 Å². The van der Waals surface area contributed by atoms with Crippen LogP contribution < -0.4 is 0 Å². The Morgan fingerprint density at radius 3 is 2.77 bits per heavy atom. The zero-order valence-electron chi connectivity index (χ0n) is 7.16. The van der Waals surface area contributed by atoms with Crippen LogP contribution in [0.15, 0.2) is 28.7 Å². The van der Waals surface area contributed by atoms with Crippen LogP contribution in [0.3, 0.4) is 0 Å². The van der Waals surface area contributed by atoms with E-state index in [0.717, 1.165) is 5.39 Å². The van der Waals surface area contributed by atoms with Gasteiger partial charge in [0.05, 0.1) is 5.56 Å². The number of aromatic hydroxyl groups is 1. The minimum Gasteiger partial charge on any atom is -0.480 e. The summed E-state index contributed by atoms with van der Waals surface area (Å²) in [5, 5.41) is 17.6. The van der Waals surface area contributed by atoms with Gasteiger partial charge in [-0.15, -0.1) is 0 Å². The molecule has 0 spiro atoms. The van der Waals surface area contributed by atoms with E-state index < -0.39 is 0 Å². The van der Waals surface area contributed by atoms with Crippen molar-refractivity contribution in [3.63, 3.8) is 0 Å². The van der Waals surface area contributed by atoms with E-state index in [1.807, 2.05) is 18.2 Å². The Morgan fingerprint density at radius 1 is 1.38 bits per heavy atom. The molecule has 0 atom stereocenters. The van der Waals surface area contributed by atoms with Gasteiger partial charge in [-0.05, 0) is 13.0 Å². The number of para-hydroxylation sites is 1. The highest BCUT2D eigenvalue weighted by atomic mass is 16.5. The molecule has 2 aromatic rings. The Labute approximate surface area is 75.1 Å². The van der Waals surface area contributed by atoms with Crippen LogP contribution in [0, 0.1) is 5.41 Å². The zero-order chi connectivity index (χ0) is 9.42. The maximum atomic E-state index is 9.40. The fourth-order valence-corrected chi connectivity index (χ4v) is 1.39. The molecule has 0 aliphatic heterocycles. The molecule has 0 unspecified atom stereocenters. The molecule has 0 aliphatic rings. The summed E-state index contributed by atoms with van der Waals surface area (Å²) in [6.07, 6.45) is 0. The van der Waals surface area contributed by atoms with E-state index in [9.17, 15) is 5.11 Å². The van der Waals surface area contributed by atoms with E-state index in [0.29, 0.717) is 16.9 Å². The number of hydrogen-bond donors (Lipinski definition) is 2. The van der Waals surface area contributed by atoms with Crippen LogP contribution in [0.25, 0.3) is 11.0 Å². The third-order valence-corrected chi connectivity index (χ3v) is 1.95. The maximum Gasteiger partial charge on any atom is 0.292 e. The average Bonchev–Trinajstić information content (AvgIpc) is 2.39. The van der Waals surface area contributed by atoms with Crippen LogP contribution in [-0.4, -0.2) is 10.8 Å². The first kappa shape index (κ1) is 7.86. The van der Waals surface area contributed by atoms with Gasteiger partial charge in [-0.1, -0.05) is 18.2 Å². The van der Waals surface area contributed by atoms with E-state index in [2.05, 4.69) is 0 Å². The molecule has 0 aliphatic carbocycles. The predicted molar refractivity (Wildman–Crippen MR) is 50.4 cm³/mol. The Balaban J connectivity index is 2.86. The van der Waals surface area contributed by atoms with Gasteiger partial charge >= 0.3 is 0 Å². The molecular weight excluding hydrogens is 166 g/mol. The second kappa shape index (κ2) is 2.62. The van der Waals surface area contributed by atoms with E-state index in [-0.39, 0.29) is 5.95 Å². The Morgan fingerprint density at radius 2 is 2.08 bits per heavy atom. The van der Waals surface area contributed by atoms with Gasteiger partial charge in [0.1, 0.15) is 5.58 Å². The van der Waals surface area contributed by atoms with Gasteiger partial charge < -0.3 is 14.9 Å². The number of furan rings is 1. The quantitative estimate of drug-likeness (QED) is 0.654. The lowest BCUT2D eigenvalue weighted by molar-refractivity contribution is 0.345. The number of rotatable bonds is 1. The van der Waals surface area contributed by atoms with Crippen molar-refractivity contribution in [2.24, 2.45) is 0 Å². The van der Waals surface area contributed by atoms with Crippen LogP contribution in [0.2, 0.25) is 0 Å². The molecule has 2 N–H and O–H groups in total. The smallest absolute Gasteiger partial charge is 0.292 e. The van der Waals surface area contributed by atoms with Crippen molar-refractivity contribution in [3.05, 3.63) is 29.8 Å². The second-order valence-corrected chi connectivity index (χ2v) is 2.90. The first-order valence-electron chi connectivity index (χ1n) is 3.96. The highest BCUT2D eigenvalue weighted by Crippen LogP contribution is 2.30. The number of nitrogens with one attached hydrogen (secondary N) is 1. The Hall–Kier alpha value is -1.77. The minimum absolute atomic E-state index is 0.172. The fourth-order valence-electron chi connectivity index (χ4n) is 1.39. The van der Waals surface area contributed by atoms with E-state index in [1.54, 1.807) is 13.0 Å². The SMILES string of the molecule is CC(=N)c1c(O)oc2ccccc12. The molecule has 2 rings (SSSR count). The first-order valence-corrected chi connectivity index (χ1v) is 3.96. The van der Waals surface area contributed by atoms with Crippen molar-refractivity contribution in [2.75, 3.05) is 0 Å². The van der Waals surface area contributed by atoms with Crippen LogP contribution in [0.5, 0.6) is 5.95 Å². The van der Waals surface area contributed by atoms with Crippen molar-refractivity contribution in [3.8, 4) is 5.95 Å². The average molecular weight is 175 g/mol. The summed E-state index contributed by atoms with van der Waals surface area (Å²) >= 11 is 0. The molecule has 1 heterocycles. The van der Waals surface area contributed by atoms with Gasteiger partial charge in [0.2, 0.25) is 0 Å². The molecule has 13 heavy (non-hydrogen) atoms. The lowest BCUT2D eigenvalue weighted by atomic mass is 10.1. The number of fused-ring (bicyclic) bond motifs is 1. The summed E-state index contributed by atoms with van der Waals surface area (Å²) < 4.78 is 5.08. The van der Waals surface area contributed by atoms with Crippen molar-refractivity contribution in [2.45, 2.75) is 6.92 Å². The topological polar surface area (TPSA) is 57.2 Å². The largest absolute Gasteiger partial charge is 0.480 e. The highest BCUT2D eigenvalue weighted by Gasteiger charge is 2.13. The van der Waals surface area contributed by atoms with Crippen molar-refractivity contribution in [1.82, 2.24) is 0 Å². The van der Waals surface area contributed by atoms with Gasteiger partial charge in [-0.2, -0.15) is 0 Å². The van der Waals surface area contributed by atoms with Gasteiger partial charge in [0.25, 0.3) is 5.95 Å². The van der Waals surface area contributed by atoms with Crippen LogP contribution in [0.4, 0.5) is 0 Å². The van der Waals surface area contributed by atoms with Crippen LogP contribution in [0.1, 0.15) is 12.5 Å². The fraction of sp³-hybridized carbons (Fsp3) is 0.100. The van der Waals surface area contributed by atoms with Gasteiger partial charge in [-0.25, -0.2) is 0 Å². The molecule has 0 fully saturated rings. The van der Waals surface area contributed by atoms with Crippen LogP contribution in [-0.2, 0) is 0 Å². The number of benzene rings is 1. The Kier molecular flexibility index (Phi) is 1.59.